The van der Waals surface area contributed by atoms with Crippen LogP contribution in [0.2, 0.25) is 0 Å². The van der Waals surface area contributed by atoms with Crippen molar-refractivity contribution >= 4 is 18.1 Å². The summed E-state index contributed by atoms with van der Waals surface area (Å²) in [5.41, 5.74) is 2.45. The van der Waals surface area contributed by atoms with Crippen LogP contribution in [0.1, 0.15) is 46.0 Å². The van der Waals surface area contributed by atoms with Crippen molar-refractivity contribution in [3.05, 3.63) is 53.1 Å². The highest BCUT2D eigenvalue weighted by Gasteiger charge is 2.33. The lowest BCUT2D eigenvalue weighted by molar-refractivity contribution is -0.129. The lowest BCUT2D eigenvalue weighted by Gasteiger charge is -2.26. The SMILES string of the molecule is CCC(=NC=NC)N/C(CC1CCC(=O)N1Cc1cccc(F)c1F)=C1/[CH]C1.[HH]. The van der Waals surface area contributed by atoms with E-state index in [1.807, 2.05) is 6.92 Å². The highest BCUT2D eigenvalue weighted by Crippen LogP contribution is 2.34. The maximum atomic E-state index is 14.1. The number of nitrogens with zero attached hydrogens (tertiary/aromatic N) is 3. The number of amides is 1. The Hall–Kier alpha value is -2.57. The summed E-state index contributed by atoms with van der Waals surface area (Å²) in [6.07, 6.45) is 7.02. The van der Waals surface area contributed by atoms with E-state index in [0.29, 0.717) is 19.3 Å². The molecule has 1 saturated carbocycles. The average Bonchev–Trinajstić information content (AvgIpc) is 3.48. The van der Waals surface area contributed by atoms with Gasteiger partial charge in [-0.1, -0.05) is 19.1 Å². The highest BCUT2D eigenvalue weighted by atomic mass is 19.2. The molecular formula is C21H27F2N4O. The molecule has 1 N–H and O–H groups in total. The van der Waals surface area contributed by atoms with Gasteiger partial charge < -0.3 is 10.2 Å². The molecule has 1 atom stereocenters. The van der Waals surface area contributed by atoms with Gasteiger partial charge in [-0.15, -0.1) is 0 Å². The zero-order chi connectivity index (χ0) is 20.1. The molecule has 1 aliphatic carbocycles. The summed E-state index contributed by atoms with van der Waals surface area (Å²) in [6.45, 7) is 2.09. The van der Waals surface area contributed by atoms with Gasteiger partial charge in [0, 0.05) is 51.6 Å². The quantitative estimate of drug-likeness (QED) is 0.566. The number of hydrogen-bond acceptors (Lipinski definition) is 2. The van der Waals surface area contributed by atoms with Crippen molar-refractivity contribution in [2.75, 3.05) is 7.05 Å². The smallest absolute Gasteiger partial charge is 0.223 e. The number of halogens is 2. The predicted octanol–water partition coefficient (Wildman–Crippen LogP) is 4.01. The van der Waals surface area contributed by atoms with Crippen LogP contribution in [0.25, 0.3) is 0 Å². The number of hydrogen-bond donors (Lipinski definition) is 1. The van der Waals surface area contributed by atoms with Crippen LogP contribution in [0, 0.1) is 18.1 Å². The second-order valence-corrected chi connectivity index (χ2v) is 6.97. The molecule has 0 spiro atoms. The topological polar surface area (TPSA) is 57.1 Å². The van der Waals surface area contributed by atoms with E-state index in [9.17, 15) is 13.6 Å². The van der Waals surface area contributed by atoms with Crippen molar-refractivity contribution < 1.29 is 15.0 Å². The molecule has 2 aliphatic rings. The molecule has 1 aliphatic heterocycles. The molecule has 1 unspecified atom stereocenters. The summed E-state index contributed by atoms with van der Waals surface area (Å²) in [5, 5.41) is 3.38. The number of benzene rings is 1. The molecule has 0 bridgehead atoms. The van der Waals surface area contributed by atoms with E-state index in [-0.39, 0.29) is 25.5 Å². The Morgan fingerprint density at radius 3 is 2.89 bits per heavy atom. The molecule has 151 valence electrons. The second kappa shape index (κ2) is 9.08. The van der Waals surface area contributed by atoms with Gasteiger partial charge in [0.25, 0.3) is 0 Å². The minimum absolute atomic E-state index is 0. The third kappa shape index (κ3) is 4.82. The highest BCUT2D eigenvalue weighted by molar-refractivity contribution is 5.90. The van der Waals surface area contributed by atoms with Crippen molar-refractivity contribution in [2.45, 2.75) is 51.6 Å². The largest absolute Gasteiger partial charge is 0.347 e. The summed E-state index contributed by atoms with van der Waals surface area (Å²) in [7, 11) is 1.67. The van der Waals surface area contributed by atoms with Gasteiger partial charge in [-0.25, -0.2) is 13.8 Å². The van der Waals surface area contributed by atoms with Crippen LogP contribution < -0.4 is 5.32 Å². The van der Waals surface area contributed by atoms with Crippen molar-refractivity contribution in [1.82, 2.24) is 10.2 Å². The van der Waals surface area contributed by atoms with Gasteiger partial charge >= 0.3 is 0 Å². The molecule has 7 heteroatoms. The molecule has 1 amide bonds. The summed E-state index contributed by atoms with van der Waals surface area (Å²) in [4.78, 5) is 22.2. The first-order valence-corrected chi connectivity index (χ1v) is 9.55. The molecule has 5 nitrogen and oxygen atoms in total. The predicted molar refractivity (Wildman–Crippen MR) is 108 cm³/mol. The van der Waals surface area contributed by atoms with E-state index in [2.05, 4.69) is 21.7 Å². The number of carbonyl (C=O) groups is 1. The molecule has 1 radical (unpaired) electrons. The number of amidine groups is 1. The fraction of sp³-hybridized carbons (Fsp3) is 0.429. The van der Waals surface area contributed by atoms with E-state index in [1.54, 1.807) is 11.9 Å². The Bertz CT molecular complexity index is 832. The fourth-order valence-corrected chi connectivity index (χ4v) is 3.39. The van der Waals surface area contributed by atoms with Crippen molar-refractivity contribution in [3.63, 3.8) is 0 Å². The lowest BCUT2D eigenvalue weighted by Crippen LogP contribution is -2.35. The Morgan fingerprint density at radius 1 is 1.43 bits per heavy atom. The zero-order valence-electron chi connectivity index (χ0n) is 16.2. The first kappa shape index (κ1) is 20.2. The Labute approximate surface area is 165 Å². The lowest BCUT2D eigenvalue weighted by atomic mass is 10.1. The molecule has 1 saturated heterocycles. The maximum Gasteiger partial charge on any atom is 0.223 e. The van der Waals surface area contributed by atoms with Gasteiger partial charge in [-0.3, -0.25) is 9.79 Å². The van der Waals surface area contributed by atoms with Gasteiger partial charge in [0.15, 0.2) is 11.6 Å². The molecule has 3 rings (SSSR count). The normalized spacial score (nSPS) is 21.6. The van der Waals surface area contributed by atoms with Crippen LogP contribution in [0.15, 0.2) is 39.5 Å². The number of allylic oxidation sites excluding steroid dienone is 1. The standard InChI is InChI=1S/C21H25F2N4O.H2/c1-3-19(25-13-24-2)26-18(14-7-8-14)11-16-9-10-20(28)27(16)12-15-5-4-6-17(22)21(15)23;/h4-7,13,16H,3,8-12H2,1-2H3,(H,24,25,26);1H/b18-14-;. The third-order valence-electron chi connectivity index (χ3n) is 5.02. The third-order valence-corrected chi connectivity index (χ3v) is 5.02. The summed E-state index contributed by atoms with van der Waals surface area (Å²) in [6, 6.07) is 4.02. The van der Waals surface area contributed by atoms with Crippen molar-refractivity contribution in [1.29, 1.82) is 0 Å². The van der Waals surface area contributed by atoms with Gasteiger partial charge in [0.05, 0.1) is 0 Å². The Kier molecular flexibility index (Phi) is 6.54. The van der Waals surface area contributed by atoms with E-state index < -0.39 is 11.6 Å². The monoisotopic (exact) mass is 389 g/mol. The van der Waals surface area contributed by atoms with Gasteiger partial charge in [-0.05, 0) is 30.9 Å². The molecule has 1 aromatic carbocycles. The Morgan fingerprint density at radius 2 is 2.21 bits per heavy atom. The van der Waals surface area contributed by atoms with Crippen LogP contribution >= 0.6 is 0 Å². The zero-order valence-corrected chi connectivity index (χ0v) is 16.2. The van der Waals surface area contributed by atoms with E-state index in [4.69, 9.17) is 0 Å². The number of likely N-dealkylation sites (tertiary alicyclic amines) is 1. The van der Waals surface area contributed by atoms with Crippen LogP contribution in [-0.2, 0) is 11.3 Å². The molecule has 28 heavy (non-hydrogen) atoms. The molecule has 0 aromatic heterocycles. The number of aliphatic imine (C=N–C) groups is 2. The average molecular weight is 389 g/mol. The van der Waals surface area contributed by atoms with Crippen molar-refractivity contribution in [2.24, 2.45) is 9.98 Å². The minimum atomic E-state index is -0.890. The first-order valence-electron chi connectivity index (χ1n) is 9.55. The second-order valence-electron chi connectivity index (χ2n) is 6.97. The number of carbonyl (C=O) groups excluding carboxylic acids is 1. The summed E-state index contributed by atoms with van der Waals surface area (Å²) in [5.74, 6) is -0.993. The van der Waals surface area contributed by atoms with Crippen LogP contribution in [0.5, 0.6) is 0 Å². The minimum Gasteiger partial charge on any atom is -0.347 e. The summed E-state index contributed by atoms with van der Waals surface area (Å²) < 4.78 is 27.6. The number of nitrogens with one attached hydrogen (secondary N) is 1. The van der Waals surface area contributed by atoms with Gasteiger partial charge in [0.2, 0.25) is 5.91 Å². The van der Waals surface area contributed by atoms with Crippen molar-refractivity contribution in [3.8, 4) is 0 Å². The molecular weight excluding hydrogens is 362 g/mol. The molecule has 1 heterocycles. The van der Waals surface area contributed by atoms with E-state index in [0.717, 1.165) is 30.4 Å². The molecule has 2 fully saturated rings. The van der Waals surface area contributed by atoms with Crippen LogP contribution in [-0.4, -0.2) is 36.1 Å². The van der Waals surface area contributed by atoms with Gasteiger partial charge in [0.1, 0.15) is 12.2 Å². The fourth-order valence-electron chi connectivity index (χ4n) is 3.39. The summed E-state index contributed by atoms with van der Waals surface area (Å²) >= 11 is 0. The van der Waals surface area contributed by atoms with Crippen LogP contribution in [0.4, 0.5) is 8.78 Å². The number of rotatable bonds is 7. The molecule has 1 aromatic rings. The first-order chi connectivity index (χ1) is 13.5. The Balaban J connectivity index is 0.00000300. The van der Waals surface area contributed by atoms with Gasteiger partial charge in [-0.2, -0.15) is 0 Å². The van der Waals surface area contributed by atoms with E-state index >= 15 is 0 Å². The maximum absolute atomic E-state index is 14.1. The van der Waals surface area contributed by atoms with E-state index in [1.165, 1.54) is 24.0 Å². The van der Waals surface area contributed by atoms with Crippen LogP contribution in [0.3, 0.4) is 0 Å².